The molecule has 2 heteroatoms. The van der Waals surface area contributed by atoms with Crippen LogP contribution in [-0.4, -0.2) is 24.8 Å². The summed E-state index contributed by atoms with van der Waals surface area (Å²) >= 11 is 0. The van der Waals surface area contributed by atoms with Gasteiger partial charge in [-0.1, -0.05) is 19.3 Å². The predicted octanol–water partition coefficient (Wildman–Crippen LogP) is 3.26. The van der Waals surface area contributed by atoms with Gasteiger partial charge in [-0.25, -0.2) is 0 Å². The quantitative estimate of drug-likeness (QED) is 0.725. The fraction of sp³-hybridized carbons (Fsp3) is 1.00. The van der Waals surface area contributed by atoms with Crippen LogP contribution in [0.4, 0.5) is 0 Å². The van der Waals surface area contributed by atoms with Gasteiger partial charge in [0.2, 0.25) is 0 Å². The molecule has 1 atom stereocenters. The Bertz CT molecular complexity index is 193. The van der Waals surface area contributed by atoms with Crippen LogP contribution in [0.25, 0.3) is 0 Å². The standard InChI is InChI=1S/C14H27NO/c1-14(9-3-2-4-10-14)15-11-5-7-13-8-6-12-16-13/h13,15H,2-12H2,1H3. The molecule has 1 saturated carbocycles. The molecule has 94 valence electrons. The first-order valence-electron chi connectivity index (χ1n) is 7.15. The molecule has 1 saturated heterocycles. The fourth-order valence-corrected chi connectivity index (χ4v) is 3.10. The van der Waals surface area contributed by atoms with Crippen molar-refractivity contribution >= 4 is 0 Å². The maximum absolute atomic E-state index is 5.64. The third kappa shape index (κ3) is 3.74. The zero-order valence-corrected chi connectivity index (χ0v) is 10.8. The van der Waals surface area contributed by atoms with Gasteiger partial charge in [0.05, 0.1) is 6.10 Å². The van der Waals surface area contributed by atoms with Crippen LogP contribution in [0, 0.1) is 0 Å². The Morgan fingerprint density at radius 2 is 2.00 bits per heavy atom. The van der Waals surface area contributed by atoms with E-state index in [2.05, 4.69) is 12.2 Å². The van der Waals surface area contributed by atoms with Crippen LogP contribution >= 0.6 is 0 Å². The highest BCUT2D eigenvalue weighted by Crippen LogP contribution is 2.27. The molecule has 1 unspecified atom stereocenters. The predicted molar refractivity (Wildman–Crippen MR) is 67.7 cm³/mol. The molecule has 2 aliphatic rings. The Balaban J connectivity index is 1.56. The molecule has 1 heterocycles. The summed E-state index contributed by atoms with van der Waals surface area (Å²) in [7, 11) is 0. The number of rotatable bonds is 5. The van der Waals surface area contributed by atoms with Gasteiger partial charge < -0.3 is 10.1 Å². The lowest BCUT2D eigenvalue weighted by Gasteiger charge is -2.35. The SMILES string of the molecule is CC1(NCCCC2CCCO2)CCCCC1. The van der Waals surface area contributed by atoms with Crippen molar-refractivity contribution in [1.29, 1.82) is 0 Å². The number of nitrogens with one attached hydrogen (secondary N) is 1. The second-order valence-corrected chi connectivity index (χ2v) is 5.83. The molecule has 0 aromatic carbocycles. The number of hydrogen-bond acceptors (Lipinski definition) is 2. The highest BCUT2D eigenvalue weighted by molar-refractivity contribution is 4.86. The Morgan fingerprint density at radius 3 is 2.69 bits per heavy atom. The van der Waals surface area contributed by atoms with Crippen molar-refractivity contribution in [3.63, 3.8) is 0 Å². The third-order valence-corrected chi connectivity index (χ3v) is 4.24. The largest absolute Gasteiger partial charge is 0.378 e. The first kappa shape index (κ1) is 12.4. The highest BCUT2D eigenvalue weighted by Gasteiger charge is 2.25. The molecule has 0 amide bonds. The molecule has 0 aromatic rings. The summed E-state index contributed by atoms with van der Waals surface area (Å²) in [5.74, 6) is 0. The average Bonchev–Trinajstić information content (AvgIpc) is 2.78. The minimum Gasteiger partial charge on any atom is -0.378 e. The molecule has 1 aliphatic heterocycles. The summed E-state index contributed by atoms with van der Waals surface area (Å²) in [4.78, 5) is 0. The van der Waals surface area contributed by atoms with Gasteiger partial charge >= 0.3 is 0 Å². The van der Waals surface area contributed by atoms with Crippen molar-refractivity contribution in [3.05, 3.63) is 0 Å². The Hall–Kier alpha value is -0.0800. The second kappa shape index (κ2) is 6.02. The van der Waals surface area contributed by atoms with Crippen molar-refractivity contribution in [1.82, 2.24) is 5.32 Å². The maximum atomic E-state index is 5.64. The highest BCUT2D eigenvalue weighted by atomic mass is 16.5. The summed E-state index contributed by atoms with van der Waals surface area (Å²) in [5, 5.41) is 3.77. The summed E-state index contributed by atoms with van der Waals surface area (Å²) in [6.45, 7) is 4.57. The topological polar surface area (TPSA) is 21.3 Å². The minimum atomic E-state index is 0.439. The summed E-state index contributed by atoms with van der Waals surface area (Å²) in [6.07, 6.45) is 12.7. The van der Waals surface area contributed by atoms with Gasteiger partial charge in [0, 0.05) is 12.1 Å². The molecule has 2 fully saturated rings. The van der Waals surface area contributed by atoms with Gasteiger partial charge in [-0.05, 0) is 52.0 Å². The van der Waals surface area contributed by atoms with Crippen LogP contribution < -0.4 is 5.32 Å². The molecule has 0 spiro atoms. The monoisotopic (exact) mass is 225 g/mol. The van der Waals surface area contributed by atoms with Gasteiger partial charge in [0.25, 0.3) is 0 Å². The van der Waals surface area contributed by atoms with Crippen LogP contribution in [0.3, 0.4) is 0 Å². The number of ether oxygens (including phenoxy) is 1. The van der Waals surface area contributed by atoms with Crippen molar-refractivity contribution in [3.8, 4) is 0 Å². The smallest absolute Gasteiger partial charge is 0.0576 e. The fourth-order valence-electron chi connectivity index (χ4n) is 3.10. The lowest BCUT2D eigenvalue weighted by molar-refractivity contribution is 0.101. The van der Waals surface area contributed by atoms with Crippen molar-refractivity contribution < 1.29 is 4.74 Å². The normalized spacial score (nSPS) is 29.4. The van der Waals surface area contributed by atoms with Crippen LogP contribution in [-0.2, 0) is 4.74 Å². The summed E-state index contributed by atoms with van der Waals surface area (Å²) < 4.78 is 5.64. The van der Waals surface area contributed by atoms with Gasteiger partial charge in [0.1, 0.15) is 0 Å². The Kier molecular flexibility index (Phi) is 4.66. The molecular weight excluding hydrogens is 198 g/mol. The Morgan fingerprint density at radius 1 is 1.19 bits per heavy atom. The summed E-state index contributed by atoms with van der Waals surface area (Å²) in [6, 6.07) is 0. The lowest BCUT2D eigenvalue weighted by atomic mass is 9.83. The molecule has 0 aromatic heterocycles. The molecule has 2 rings (SSSR count). The van der Waals surface area contributed by atoms with E-state index >= 15 is 0 Å². The second-order valence-electron chi connectivity index (χ2n) is 5.83. The number of hydrogen-bond donors (Lipinski definition) is 1. The van der Waals surface area contributed by atoms with E-state index in [1.165, 1.54) is 64.3 Å². The molecule has 0 bridgehead atoms. The van der Waals surface area contributed by atoms with Crippen LogP contribution in [0.1, 0.15) is 64.7 Å². The van der Waals surface area contributed by atoms with Gasteiger partial charge in [0.15, 0.2) is 0 Å². The van der Waals surface area contributed by atoms with Gasteiger partial charge in [-0.2, -0.15) is 0 Å². The van der Waals surface area contributed by atoms with E-state index in [0.717, 1.165) is 6.61 Å². The van der Waals surface area contributed by atoms with Crippen molar-refractivity contribution in [2.24, 2.45) is 0 Å². The first-order chi connectivity index (χ1) is 7.79. The minimum absolute atomic E-state index is 0.439. The molecule has 2 nitrogen and oxygen atoms in total. The average molecular weight is 225 g/mol. The zero-order chi connectivity index (χ0) is 11.3. The molecule has 1 aliphatic carbocycles. The van der Waals surface area contributed by atoms with Gasteiger partial charge in [-0.3, -0.25) is 0 Å². The first-order valence-corrected chi connectivity index (χ1v) is 7.15. The van der Waals surface area contributed by atoms with E-state index in [1.807, 2.05) is 0 Å². The van der Waals surface area contributed by atoms with Crippen molar-refractivity contribution in [2.75, 3.05) is 13.2 Å². The van der Waals surface area contributed by atoms with Crippen LogP contribution in [0.5, 0.6) is 0 Å². The van der Waals surface area contributed by atoms with E-state index in [1.54, 1.807) is 0 Å². The molecule has 16 heavy (non-hydrogen) atoms. The molecule has 1 N–H and O–H groups in total. The maximum Gasteiger partial charge on any atom is 0.0576 e. The van der Waals surface area contributed by atoms with Crippen LogP contribution in [0.15, 0.2) is 0 Å². The molecular formula is C14H27NO. The van der Waals surface area contributed by atoms with E-state index < -0.39 is 0 Å². The van der Waals surface area contributed by atoms with Crippen LogP contribution in [0.2, 0.25) is 0 Å². The molecule has 0 radical (unpaired) electrons. The summed E-state index contributed by atoms with van der Waals surface area (Å²) in [5.41, 5.74) is 0.439. The Labute approximate surface area is 100 Å². The van der Waals surface area contributed by atoms with E-state index in [-0.39, 0.29) is 0 Å². The third-order valence-electron chi connectivity index (χ3n) is 4.24. The van der Waals surface area contributed by atoms with Gasteiger partial charge in [-0.15, -0.1) is 0 Å². The van der Waals surface area contributed by atoms with E-state index in [4.69, 9.17) is 4.74 Å². The van der Waals surface area contributed by atoms with E-state index in [0.29, 0.717) is 11.6 Å². The lowest BCUT2D eigenvalue weighted by Crippen LogP contribution is -2.44. The van der Waals surface area contributed by atoms with E-state index in [9.17, 15) is 0 Å². The van der Waals surface area contributed by atoms with Crippen molar-refractivity contribution in [2.45, 2.75) is 76.4 Å². The zero-order valence-electron chi connectivity index (χ0n) is 10.8.